The number of rotatable bonds is 9. The summed E-state index contributed by atoms with van der Waals surface area (Å²) in [7, 11) is 0. The number of carbonyl (C=O) groups is 1. The molecule has 0 fully saturated rings. The fourth-order valence-electron chi connectivity index (χ4n) is 3.45. The highest BCUT2D eigenvalue weighted by Crippen LogP contribution is 2.28. The van der Waals surface area contributed by atoms with Crippen molar-refractivity contribution in [2.45, 2.75) is 31.7 Å². The zero-order valence-corrected chi connectivity index (χ0v) is 16.1. The van der Waals surface area contributed by atoms with E-state index in [0.717, 1.165) is 28.7 Å². The van der Waals surface area contributed by atoms with Gasteiger partial charge in [0, 0.05) is 31.3 Å². The average molecular weight is 374 g/mol. The Labute approximate surface area is 166 Å². The Morgan fingerprint density at radius 3 is 2.50 bits per heavy atom. The average Bonchev–Trinajstić information content (AvgIpc) is 2.72. The van der Waals surface area contributed by atoms with Gasteiger partial charge in [-0.1, -0.05) is 35.9 Å². The predicted octanol–water partition coefficient (Wildman–Crippen LogP) is 2.93. The third-order valence-electron chi connectivity index (χ3n) is 5.03. The van der Waals surface area contributed by atoms with Gasteiger partial charge in [0.2, 0.25) is 5.91 Å². The van der Waals surface area contributed by atoms with Crippen LogP contribution in [0.1, 0.15) is 28.7 Å². The first-order chi connectivity index (χ1) is 13.6. The van der Waals surface area contributed by atoms with E-state index in [0.29, 0.717) is 19.4 Å². The zero-order chi connectivity index (χ0) is 19.8. The lowest BCUT2D eigenvalue weighted by Gasteiger charge is -2.33. The van der Waals surface area contributed by atoms with Gasteiger partial charge in [-0.15, -0.1) is 0 Å². The van der Waals surface area contributed by atoms with Crippen LogP contribution in [-0.2, 0) is 23.2 Å². The molecule has 2 heterocycles. The Balaban J connectivity index is 1.85. The van der Waals surface area contributed by atoms with Gasteiger partial charge in [-0.2, -0.15) is 0 Å². The van der Waals surface area contributed by atoms with E-state index in [-0.39, 0.29) is 5.91 Å². The van der Waals surface area contributed by atoms with Crippen molar-refractivity contribution in [3.8, 4) is 0 Å². The van der Waals surface area contributed by atoms with Crippen LogP contribution in [0.25, 0.3) is 0 Å². The molecule has 0 bridgehead atoms. The Kier molecular flexibility index (Phi) is 6.50. The minimum Gasteiger partial charge on any atom is -0.368 e. The number of nitrogens with one attached hydrogen (secondary N) is 1. The quantitative estimate of drug-likeness (QED) is 0.603. The van der Waals surface area contributed by atoms with E-state index >= 15 is 0 Å². The summed E-state index contributed by atoms with van der Waals surface area (Å²) in [6.45, 7) is 2.65. The molecule has 28 heavy (non-hydrogen) atoms. The van der Waals surface area contributed by atoms with Crippen LogP contribution >= 0.6 is 0 Å². The van der Waals surface area contributed by atoms with Gasteiger partial charge in [0.15, 0.2) is 0 Å². The van der Waals surface area contributed by atoms with E-state index in [4.69, 9.17) is 5.73 Å². The Hall–Kier alpha value is -3.05. The van der Waals surface area contributed by atoms with Crippen molar-refractivity contribution in [2.24, 2.45) is 5.73 Å². The Morgan fingerprint density at radius 1 is 1.00 bits per heavy atom. The maximum atomic E-state index is 12.7. The van der Waals surface area contributed by atoms with E-state index < -0.39 is 5.54 Å². The number of aromatic nitrogens is 2. The highest BCUT2D eigenvalue weighted by molar-refractivity contribution is 5.86. The van der Waals surface area contributed by atoms with Crippen molar-refractivity contribution in [1.29, 1.82) is 0 Å². The molecule has 3 rings (SSSR count). The monoisotopic (exact) mass is 374 g/mol. The number of amides is 1. The zero-order valence-electron chi connectivity index (χ0n) is 16.1. The van der Waals surface area contributed by atoms with Crippen molar-refractivity contribution in [3.05, 3.63) is 95.6 Å². The molecule has 0 aliphatic carbocycles. The molecule has 5 nitrogen and oxygen atoms in total. The van der Waals surface area contributed by atoms with Crippen LogP contribution in [0.2, 0.25) is 0 Å². The molecule has 1 unspecified atom stereocenters. The number of benzene rings is 1. The summed E-state index contributed by atoms with van der Waals surface area (Å²) in [5.41, 5.74) is 9.28. The number of carbonyl (C=O) groups excluding carboxylic acids is 1. The molecule has 2 aromatic heterocycles. The first-order valence-corrected chi connectivity index (χ1v) is 9.50. The van der Waals surface area contributed by atoms with Crippen molar-refractivity contribution >= 4 is 5.91 Å². The second-order valence-corrected chi connectivity index (χ2v) is 7.03. The van der Waals surface area contributed by atoms with E-state index in [1.807, 2.05) is 61.7 Å². The number of nitrogens with two attached hydrogens (primary N) is 1. The predicted molar refractivity (Wildman–Crippen MR) is 111 cm³/mol. The SMILES string of the molecule is Cc1cccc(C(CCc2cccnc2)(NCCc2ccncc2)C(N)=O)c1. The standard InChI is InChI=1S/C23H26N4O/c1-18-4-2-6-21(16-18)23(22(24)28,11-7-20-5-3-12-26-17-20)27-15-10-19-8-13-25-14-9-19/h2-6,8-9,12-14,16-17,27H,7,10-11,15H2,1H3,(H2,24,28). The van der Waals surface area contributed by atoms with Gasteiger partial charge in [0.25, 0.3) is 0 Å². The van der Waals surface area contributed by atoms with Gasteiger partial charge in [-0.05, 0) is 61.1 Å². The molecule has 0 aliphatic heterocycles. The molecule has 144 valence electrons. The number of hydrogen-bond acceptors (Lipinski definition) is 4. The van der Waals surface area contributed by atoms with Crippen LogP contribution in [0.15, 0.2) is 73.3 Å². The first kappa shape index (κ1) is 19.7. The highest BCUT2D eigenvalue weighted by atomic mass is 16.1. The van der Waals surface area contributed by atoms with Crippen LogP contribution in [0, 0.1) is 6.92 Å². The lowest BCUT2D eigenvalue weighted by atomic mass is 9.82. The lowest BCUT2D eigenvalue weighted by Crippen LogP contribution is -2.53. The third-order valence-corrected chi connectivity index (χ3v) is 5.03. The highest BCUT2D eigenvalue weighted by Gasteiger charge is 2.37. The molecule has 0 radical (unpaired) electrons. The van der Waals surface area contributed by atoms with Gasteiger partial charge in [-0.25, -0.2) is 0 Å². The molecule has 3 aromatic rings. The second kappa shape index (κ2) is 9.24. The summed E-state index contributed by atoms with van der Waals surface area (Å²) in [5, 5.41) is 3.48. The van der Waals surface area contributed by atoms with Gasteiger partial charge < -0.3 is 5.73 Å². The van der Waals surface area contributed by atoms with Crippen LogP contribution in [0.3, 0.4) is 0 Å². The van der Waals surface area contributed by atoms with Gasteiger partial charge in [0.05, 0.1) is 0 Å². The van der Waals surface area contributed by atoms with E-state index in [9.17, 15) is 4.79 Å². The topological polar surface area (TPSA) is 80.9 Å². The van der Waals surface area contributed by atoms with Crippen molar-refractivity contribution in [1.82, 2.24) is 15.3 Å². The number of primary amides is 1. The molecular weight excluding hydrogens is 348 g/mol. The third kappa shape index (κ3) is 4.81. The minimum atomic E-state index is -0.936. The normalized spacial score (nSPS) is 13.0. The largest absolute Gasteiger partial charge is 0.368 e. The summed E-state index contributed by atoms with van der Waals surface area (Å²) >= 11 is 0. The number of pyridine rings is 2. The summed E-state index contributed by atoms with van der Waals surface area (Å²) in [6, 6.07) is 15.9. The van der Waals surface area contributed by atoms with Crippen molar-refractivity contribution in [3.63, 3.8) is 0 Å². The van der Waals surface area contributed by atoms with Crippen molar-refractivity contribution < 1.29 is 4.79 Å². The van der Waals surface area contributed by atoms with Crippen molar-refractivity contribution in [2.75, 3.05) is 6.54 Å². The molecule has 3 N–H and O–H groups in total. The summed E-state index contributed by atoms with van der Waals surface area (Å²) in [4.78, 5) is 21.0. The van der Waals surface area contributed by atoms with E-state index in [1.54, 1.807) is 18.6 Å². The number of aryl methyl sites for hydroxylation is 2. The Morgan fingerprint density at radius 2 is 1.82 bits per heavy atom. The van der Waals surface area contributed by atoms with Crippen LogP contribution in [0.5, 0.6) is 0 Å². The van der Waals surface area contributed by atoms with Gasteiger partial charge in [-0.3, -0.25) is 20.1 Å². The molecular formula is C23H26N4O. The van der Waals surface area contributed by atoms with E-state index in [1.165, 1.54) is 0 Å². The maximum Gasteiger partial charge on any atom is 0.242 e. The summed E-state index contributed by atoms with van der Waals surface area (Å²) < 4.78 is 0. The smallest absolute Gasteiger partial charge is 0.242 e. The Bertz CT molecular complexity index is 899. The van der Waals surface area contributed by atoms with Crippen LogP contribution in [-0.4, -0.2) is 22.4 Å². The molecule has 1 atom stereocenters. The molecule has 5 heteroatoms. The maximum absolute atomic E-state index is 12.7. The number of nitrogens with zero attached hydrogens (tertiary/aromatic N) is 2. The van der Waals surface area contributed by atoms with Gasteiger partial charge in [0.1, 0.15) is 5.54 Å². The second-order valence-electron chi connectivity index (χ2n) is 7.03. The molecule has 0 saturated carbocycles. The molecule has 1 amide bonds. The fraction of sp³-hybridized carbons (Fsp3) is 0.261. The fourth-order valence-corrected chi connectivity index (χ4v) is 3.45. The first-order valence-electron chi connectivity index (χ1n) is 9.50. The van der Waals surface area contributed by atoms with Crippen LogP contribution in [0.4, 0.5) is 0 Å². The van der Waals surface area contributed by atoms with E-state index in [2.05, 4.69) is 15.3 Å². The minimum absolute atomic E-state index is 0.364. The lowest BCUT2D eigenvalue weighted by molar-refractivity contribution is -0.125. The molecule has 0 aliphatic rings. The molecule has 0 spiro atoms. The van der Waals surface area contributed by atoms with Crippen LogP contribution < -0.4 is 11.1 Å². The number of hydrogen-bond donors (Lipinski definition) is 2. The summed E-state index contributed by atoms with van der Waals surface area (Å²) in [5.74, 6) is -0.364. The van der Waals surface area contributed by atoms with Gasteiger partial charge >= 0.3 is 0 Å². The molecule has 1 aromatic carbocycles. The molecule has 0 saturated heterocycles. The summed E-state index contributed by atoms with van der Waals surface area (Å²) in [6.07, 6.45) is 9.19.